The maximum absolute atomic E-state index is 11.7. The topological polar surface area (TPSA) is 281 Å². The van der Waals surface area contributed by atoms with Gasteiger partial charge in [-0.2, -0.15) is 34.3 Å². The molecule has 0 unspecified atom stereocenters. The second-order valence-corrected chi connectivity index (χ2v) is 28.2. The van der Waals surface area contributed by atoms with E-state index in [0.717, 1.165) is 144 Å². The molecule has 3 aliphatic heterocycles. The maximum atomic E-state index is 11.7. The minimum atomic E-state index is -0.293. The monoisotopic (exact) mass is 1480 g/mol. The van der Waals surface area contributed by atoms with Crippen LogP contribution < -0.4 is 51.3 Å². The number of hydrogen-bond donors (Lipinski definition) is 6. The van der Waals surface area contributed by atoms with Gasteiger partial charge in [0.15, 0.2) is 22.1 Å². The fourth-order valence-corrected chi connectivity index (χ4v) is 13.9. The number of pyridine rings is 2. The smallest absolute Gasteiger partial charge is 0.247 e. The lowest BCUT2D eigenvalue weighted by atomic mass is 10.1. The summed E-state index contributed by atoms with van der Waals surface area (Å²) >= 11 is 2.98. The lowest BCUT2D eigenvalue weighted by molar-refractivity contribution is -0.112. The van der Waals surface area contributed by atoms with E-state index in [0.29, 0.717) is 62.7 Å². The Hall–Kier alpha value is -12.2. The van der Waals surface area contributed by atoms with Crippen LogP contribution >= 0.6 is 23.5 Å². The predicted octanol–water partition coefficient (Wildman–Crippen LogP) is 12.3. The average molecular weight is 1490 g/mol. The number of amides is 3. The third-order valence-corrected chi connectivity index (χ3v) is 20.0. The summed E-state index contributed by atoms with van der Waals surface area (Å²) in [4.78, 5) is 79.2. The molecule has 0 saturated carbocycles. The van der Waals surface area contributed by atoms with E-state index in [1.165, 1.54) is 47.4 Å². The van der Waals surface area contributed by atoms with Gasteiger partial charge in [0.05, 0.1) is 42.4 Å². The standard InChI is InChI=1S/C26H28N8O2.2C26H28N8OS/c2*1-4-24(35)29-19-6-5-7-21(15-19)36-25-16-22(30-23-8-9-28-34(23)25)31-26-18(2)14-20(17-27-26)33-12-10-32(3)11-13-33;1-4-24(35)28-19-6-5-7-21(17-19)36-26-31-25(30-23-10-11-27-34(23)26)29-22-9-8-20(16-18(22)2)33-14-12-32(3)13-15-33/h2*4-9,14-17H,1,10-13H2,2-3H3,(H,29,35)(H,27,30,31);4-11,16-17H,1,12-15H2,2-3H3,(H,28,35)(H,29,30). The highest BCUT2D eigenvalue weighted by Gasteiger charge is 2.22. The number of nitrogens with zero attached hydrogens (tertiary/aromatic N) is 18. The number of hydrogen-bond acceptors (Lipinski definition) is 24. The first kappa shape index (κ1) is 74.1. The molecule has 6 N–H and O–H groups in total. The van der Waals surface area contributed by atoms with Gasteiger partial charge < -0.3 is 66.0 Å². The Labute approximate surface area is 634 Å². The van der Waals surface area contributed by atoms with Gasteiger partial charge in [0.25, 0.3) is 0 Å². The van der Waals surface area contributed by atoms with Gasteiger partial charge in [-0.25, -0.2) is 24.5 Å². The second-order valence-electron chi connectivity index (χ2n) is 26.0. The van der Waals surface area contributed by atoms with E-state index in [4.69, 9.17) is 19.7 Å². The van der Waals surface area contributed by atoms with Gasteiger partial charge in [0, 0.05) is 153 Å². The number of likely N-dealkylation sites (N-methyl/N-ethyl adjacent to an activating group) is 3. The largest absolute Gasteiger partial charge is 0.439 e. The van der Waals surface area contributed by atoms with Gasteiger partial charge in [0.2, 0.25) is 29.5 Å². The number of benzene rings is 4. The van der Waals surface area contributed by atoms with Crippen molar-refractivity contribution in [2.75, 3.05) is 146 Å². The van der Waals surface area contributed by atoms with Crippen LogP contribution in [0.2, 0.25) is 0 Å². The number of aromatic nitrogens is 12. The zero-order chi connectivity index (χ0) is 75.2. The Kier molecular flexibility index (Phi) is 23.6. The molecule has 4 aromatic carbocycles. The van der Waals surface area contributed by atoms with Crippen LogP contribution in [-0.4, -0.2) is 191 Å². The molecule has 12 aromatic rings. The molecule has 3 saturated heterocycles. The molecule has 552 valence electrons. The molecule has 3 amide bonds. The zero-order valence-corrected chi connectivity index (χ0v) is 62.6. The number of fused-ring (bicyclic) bond motifs is 3. The number of ether oxygens (including phenoxy) is 1. The molecule has 28 nitrogen and oxygen atoms in total. The molecule has 0 aliphatic carbocycles. The van der Waals surface area contributed by atoms with E-state index in [1.807, 2.05) is 86.0 Å². The molecule has 15 rings (SSSR count). The van der Waals surface area contributed by atoms with Crippen molar-refractivity contribution in [1.29, 1.82) is 0 Å². The SMILES string of the molecule is C=CC(=O)Nc1cccc(Oc2cc(Nc3ncc(N4CCN(C)CC4)cc3C)nc3ccnn23)c1.C=CC(=O)Nc1cccc(Sc2cc(Nc3ncc(N4CCN(C)CC4)cc3C)nc3ccnn23)c1.C=CC(=O)Nc1cccc(Sc2nc(Nc3ccc(N4CCN(C)CC4)cc3C)nc3ccnn23)c1. The van der Waals surface area contributed by atoms with Gasteiger partial charge in [0.1, 0.15) is 34.0 Å². The Bertz CT molecular complexity index is 4740. The van der Waals surface area contributed by atoms with E-state index in [9.17, 15) is 14.4 Å². The number of carbonyl (C=O) groups excluding carboxylic acids is 3. The van der Waals surface area contributed by atoms with E-state index in [2.05, 4.69) is 177 Å². The van der Waals surface area contributed by atoms with Crippen LogP contribution in [0.4, 0.5) is 69.0 Å². The summed E-state index contributed by atoms with van der Waals surface area (Å²) in [5.74, 6) is 3.47. The summed E-state index contributed by atoms with van der Waals surface area (Å²) in [7, 11) is 6.47. The third kappa shape index (κ3) is 18.9. The Morgan fingerprint density at radius 1 is 0.444 bits per heavy atom. The molecular formula is C78H84N24O4S2. The van der Waals surface area contributed by atoms with Crippen LogP contribution in [-0.2, 0) is 14.4 Å². The fourth-order valence-electron chi connectivity index (χ4n) is 12.1. The number of anilines is 12. The van der Waals surface area contributed by atoms with Crippen LogP contribution in [0.25, 0.3) is 16.9 Å². The zero-order valence-electron chi connectivity index (χ0n) is 60.9. The van der Waals surface area contributed by atoms with E-state index in [-0.39, 0.29) is 17.7 Å². The van der Waals surface area contributed by atoms with Gasteiger partial charge in [-0.15, -0.1) is 0 Å². The van der Waals surface area contributed by atoms with E-state index < -0.39 is 0 Å². The molecule has 30 heteroatoms. The molecule has 8 aromatic heterocycles. The fraction of sp³-hybridized carbons (Fsp3) is 0.231. The van der Waals surface area contributed by atoms with E-state index >= 15 is 0 Å². The highest BCUT2D eigenvalue weighted by molar-refractivity contribution is 7.99. The highest BCUT2D eigenvalue weighted by Crippen LogP contribution is 2.36. The molecule has 0 atom stereocenters. The molecule has 11 heterocycles. The van der Waals surface area contributed by atoms with E-state index in [1.54, 1.807) is 68.5 Å². The summed E-state index contributed by atoms with van der Waals surface area (Å²) in [5, 5.41) is 33.1. The first-order valence-corrected chi connectivity index (χ1v) is 36.8. The lowest BCUT2D eigenvalue weighted by Gasteiger charge is -2.34. The molecule has 0 spiro atoms. The number of carbonyl (C=O) groups is 3. The van der Waals surface area contributed by atoms with Crippen LogP contribution in [0.3, 0.4) is 0 Å². The van der Waals surface area contributed by atoms with Crippen LogP contribution in [0.1, 0.15) is 16.7 Å². The average Bonchev–Trinajstić information content (AvgIpc) is 1.56. The third-order valence-electron chi connectivity index (χ3n) is 18.1. The summed E-state index contributed by atoms with van der Waals surface area (Å²) in [6.45, 7) is 29.1. The Balaban J connectivity index is 0.000000143. The predicted molar refractivity (Wildman–Crippen MR) is 429 cm³/mol. The molecule has 3 fully saturated rings. The number of piperazine rings is 3. The van der Waals surface area contributed by atoms with Gasteiger partial charge in [-0.05, 0) is 167 Å². The van der Waals surface area contributed by atoms with Crippen molar-refractivity contribution in [1.82, 2.24) is 73.4 Å². The van der Waals surface area contributed by atoms with Gasteiger partial charge in [-0.1, -0.05) is 49.7 Å². The number of nitrogens with one attached hydrogen (secondary N) is 6. The van der Waals surface area contributed by atoms with Gasteiger partial charge >= 0.3 is 0 Å². The highest BCUT2D eigenvalue weighted by atomic mass is 32.2. The van der Waals surface area contributed by atoms with Crippen molar-refractivity contribution in [3.05, 3.63) is 219 Å². The quantitative estimate of drug-likeness (QED) is 0.0288. The van der Waals surface area contributed by atoms with Gasteiger partial charge in [-0.3, -0.25) is 14.4 Å². The summed E-state index contributed by atoms with van der Waals surface area (Å²) in [6.07, 6.45) is 12.6. The van der Waals surface area contributed by atoms with Crippen molar-refractivity contribution < 1.29 is 19.1 Å². The van der Waals surface area contributed by atoms with Crippen molar-refractivity contribution in [3.8, 4) is 11.6 Å². The minimum Gasteiger partial charge on any atom is -0.439 e. The van der Waals surface area contributed by atoms with Crippen LogP contribution in [0.15, 0.2) is 222 Å². The van der Waals surface area contributed by atoms with Crippen molar-refractivity contribution >= 4 is 127 Å². The van der Waals surface area contributed by atoms with Crippen molar-refractivity contribution in [2.45, 2.75) is 40.7 Å². The molecule has 0 bridgehead atoms. The summed E-state index contributed by atoms with van der Waals surface area (Å²) in [5.41, 5.74) is 11.7. The Morgan fingerprint density at radius 3 is 1.42 bits per heavy atom. The Morgan fingerprint density at radius 2 is 0.898 bits per heavy atom. The number of rotatable bonds is 21. The molecule has 0 radical (unpaired) electrons. The summed E-state index contributed by atoms with van der Waals surface area (Å²) in [6, 6.07) is 42.3. The van der Waals surface area contributed by atoms with Crippen LogP contribution in [0.5, 0.6) is 11.6 Å². The first-order valence-electron chi connectivity index (χ1n) is 35.2. The van der Waals surface area contributed by atoms with Crippen LogP contribution in [0, 0.1) is 20.8 Å². The normalized spacial score (nSPS) is 14.1. The van der Waals surface area contributed by atoms with Crippen molar-refractivity contribution in [3.63, 3.8) is 0 Å². The molecular weight excluding hydrogens is 1400 g/mol. The maximum Gasteiger partial charge on any atom is 0.247 e. The number of aryl methyl sites for hydroxylation is 3. The van der Waals surface area contributed by atoms with Crippen molar-refractivity contribution in [2.24, 2.45) is 0 Å². The minimum absolute atomic E-state index is 0.247. The molecule has 108 heavy (non-hydrogen) atoms. The summed E-state index contributed by atoms with van der Waals surface area (Å²) < 4.78 is 11.2. The lowest BCUT2D eigenvalue weighted by Crippen LogP contribution is -2.44. The first-order chi connectivity index (χ1) is 52.4. The molecule has 3 aliphatic rings. The second kappa shape index (κ2) is 34.3.